The summed E-state index contributed by atoms with van der Waals surface area (Å²) in [7, 11) is 0. The number of allylic oxidation sites excluding steroid dienone is 1. The van der Waals surface area contributed by atoms with Gasteiger partial charge in [0.1, 0.15) is 23.2 Å². The van der Waals surface area contributed by atoms with Crippen molar-refractivity contribution in [3.63, 3.8) is 0 Å². The lowest BCUT2D eigenvalue weighted by Crippen LogP contribution is -2.07. The molecule has 1 N–H and O–H groups in total. The minimum Gasteiger partial charge on any atom is -0.488 e. The highest BCUT2D eigenvalue weighted by Gasteiger charge is 2.34. The maximum atomic E-state index is 14.0. The molecule has 0 saturated carbocycles. The first-order chi connectivity index (χ1) is 16.5. The summed E-state index contributed by atoms with van der Waals surface area (Å²) in [6, 6.07) is 6.58. The molecule has 1 aliphatic heterocycles. The number of halogens is 4. The number of nitrogens with zero attached hydrogens (tertiary/aromatic N) is 1. The zero-order chi connectivity index (χ0) is 25.3. The minimum atomic E-state index is -4.75. The van der Waals surface area contributed by atoms with Gasteiger partial charge >= 0.3 is 12.1 Å². The number of hydrogen-bond acceptors (Lipinski definition) is 5. The van der Waals surface area contributed by atoms with Crippen molar-refractivity contribution in [1.29, 1.82) is 0 Å². The predicted octanol–water partition coefficient (Wildman–Crippen LogP) is 7.56. The molecule has 184 valence electrons. The van der Waals surface area contributed by atoms with Crippen LogP contribution in [0.4, 0.5) is 17.6 Å². The van der Waals surface area contributed by atoms with Gasteiger partial charge in [0.25, 0.3) is 0 Å². The summed E-state index contributed by atoms with van der Waals surface area (Å²) in [6.07, 6.45) is -1.27. The summed E-state index contributed by atoms with van der Waals surface area (Å²) in [6.45, 7) is 3.95. The number of alkyl halides is 3. The molecule has 0 aliphatic carbocycles. The van der Waals surface area contributed by atoms with Crippen LogP contribution in [-0.2, 0) is 24.0 Å². The van der Waals surface area contributed by atoms with Gasteiger partial charge < -0.3 is 9.84 Å². The van der Waals surface area contributed by atoms with Crippen LogP contribution in [0.2, 0.25) is 0 Å². The molecule has 0 unspecified atom stereocenters. The second-order valence-electron chi connectivity index (χ2n) is 8.06. The summed E-state index contributed by atoms with van der Waals surface area (Å²) >= 11 is 2.71. The SMILES string of the molecule is Cc1nc(-c2ccc(C(F)(F)F)c(F)c2)sc1COc1ccc2c(c1C)CCC=C(CC(=O)O)S2. The molecule has 0 fully saturated rings. The van der Waals surface area contributed by atoms with Gasteiger partial charge in [-0.05, 0) is 67.0 Å². The molecular formula is C25H21F4NO3S2. The van der Waals surface area contributed by atoms with Crippen LogP contribution in [0.5, 0.6) is 5.75 Å². The van der Waals surface area contributed by atoms with Gasteiger partial charge in [0, 0.05) is 10.5 Å². The number of benzene rings is 2. The molecule has 0 saturated heterocycles. The highest BCUT2D eigenvalue weighted by atomic mass is 32.2. The van der Waals surface area contributed by atoms with E-state index in [2.05, 4.69) is 4.98 Å². The maximum Gasteiger partial charge on any atom is 0.419 e. The van der Waals surface area contributed by atoms with Gasteiger partial charge in [0.2, 0.25) is 0 Å². The van der Waals surface area contributed by atoms with E-state index in [9.17, 15) is 22.4 Å². The normalized spacial score (nSPS) is 13.7. The van der Waals surface area contributed by atoms with E-state index in [1.54, 1.807) is 6.92 Å². The van der Waals surface area contributed by atoms with E-state index in [0.717, 1.165) is 50.8 Å². The van der Waals surface area contributed by atoms with E-state index in [0.29, 0.717) is 16.5 Å². The summed E-state index contributed by atoms with van der Waals surface area (Å²) in [5.41, 5.74) is 1.73. The summed E-state index contributed by atoms with van der Waals surface area (Å²) in [4.78, 5) is 18.1. The second-order valence-corrected chi connectivity index (χ2v) is 10.3. The van der Waals surface area contributed by atoms with E-state index < -0.39 is 23.5 Å². The monoisotopic (exact) mass is 523 g/mol. The Hall–Kier alpha value is -2.85. The molecule has 35 heavy (non-hydrogen) atoms. The molecule has 0 spiro atoms. The van der Waals surface area contributed by atoms with E-state index in [-0.39, 0.29) is 18.6 Å². The number of rotatable bonds is 6. The van der Waals surface area contributed by atoms with Crippen LogP contribution in [0.1, 0.15) is 40.1 Å². The van der Waals surface area contributed by atoms with Crippen molar-refractivity contribution in [3.05, 3.63) is 74.4 Å². The Morgan fingerprint density at radius 3 is 2.66 bits per heavy atom. The standard InChI is InChI=1S/C25H21F4NO3S2/c1-13-17-5-3-4-16(11-23(31)32)34-21(17)9-8-20(13)33-12-22-14(2)30-24(35-22)15-6-7-18(19(26)10-15)25(27,28)29/h4,6-10H,3,5,11-12H2,1-2H3,(H,31,32). The fraction of sp³-hybridized carbons (Fsp3) is 0.280. The molecule has 0 amide bonds. The van der Waals surface area contributed by atoms with E-state index in [4.69, 9.17) is 9.84 Å². The second kappa shape index (κ2) is 10.0. The third-order valence-corrected chi connectivity index (χ3v) is 7.97. The molecule has 4 nitrogen and oxygen atoms in total. The molecule has 10 heteroatoms. The van der Waals surface area contributed by atoms with Gasteiger partial charge in [-0.2, -0.15) is 13.2 Å². The topological polar surface area (TPSA) is 59.4 Å². The summed E-state index contributed by atoms with van der Waals surface area (Å²) < 4.78 is 58.6. The van der Waals surface area contributed by atoms with Crippen molar-refractivity contribution >= 4 is 29.1 Å². The Balaban J connectivity index is 1.50. The third kappa shape index (κ3) is 5.70. The zero-order valence-corrected chi connectivity index (χ0v) is 20.5. The number of ether oxygens (including phenoxy) is 1. The first-order valence-electron chi connectivity index (χ1n) is 10.7. The van der Waals surface area contributed by atoms with Gasteiger partial charge in [-0.3, -0.25) is 4.79 Å². The Bertz CT molecular complexity index is 1310. The maximum absolute atomic E-state index is 14.0. The smallest absolute Gasteiger partial charge is 0.419 e. The molecule has 0 radical (unpaired) electrons. The summed E-state index contributed by atoms with van der Waals surface area (Å²) in [5, 5.41) is 9.51. The van der Waals surface area contributed by atoms with Crippen molar-refractivity contribution in [2.24, 2.45) is 0 Å². The van der Waals surface area contributed by atoms with Crippen LogP contribution in [0, 0.1) is 19.7 Å². The number of fused-ring (bicyclic) bond motifs is 1. The zero-order valence-electron chi connectivity index (χ0n) is 18.8. The number of thiazole rings is 1. The molecule has 0 atom stereocenters. The number of aliphatic carboxylic acids is 1. The molecular weight excluding hydrogens is 502 g/mol. The van der Waals surface area contributed by atoms with Crippen molar-refractivity contribution in [2.75, 3.05) is 0 Å². The molecule has 1 aliphatic rings. The largest absolute Gasteiger partial charge is 0.488 e. The Morgan fingerprint density at radius 2 is 1.97 bits per heavy atom. The Labute approximate surface area is 207 Å². The van der Waals surface area contributed by atoms with Crippen molar-refractivity contribution in [3.8, 4) is 16.3 Å². The number of carbonyl (C=O) groups is 1. The number of carboxylic acid groups (broad SMARTS) is 1. The van der Waals surface area contributed by atoms with Crippen LogP contribution in [0.3, 0.4) is 0 Å². The molecule has 2 aromatic carbocycles. The van der Waals surface area contributed by atoms with Crippen LogP contribution < -0.4 is 4.74 Å². The van der Waals surface area contributed by atoms with Crippen LogP contribution in [0.15, 0.2) is 46.2 Å². The van der Waals surface area contributed by atoms with Crippen molar-refractivity contribution < 1.29 is 32.2 Å². The third-order valence-electron chi connectivity index (χ3n) is 5.61. The first kappa shape index (κ1) is 25.2. The predicted molar refractivity (Wildman–Crippen MR) is 127 cm³/mol. The van der Waals surface area contributed by atoms with Crippen LogP contribution in [-0.4, -0.2) is 16.1 Å². The molecule has 0 bridgehead atoms. The van der Waals surface area contributed by atoms with Crippen LogP contribution >= 0.6 is 23.1 Å². The number of aryl methyl sites for hydroxylation is 1. The van der Waals surface area contributed by atoms with Gasteiger partial charge in [-0.15, -0.1) is 11.3 Å². The highest BCUT2D eigenvalue weighted by molar-refractivity contribution is 8.03. The Morgan fingerprint density at radius 1 is 1.20 bits per heavy atom. The first-order valence-corrected chi connectivity index (χ1v) is 12.3. The molecule has 4 rings (SSSR count). The molecule has 1 aromatic heterocycles. The number of carboxylic acids is 1. The fourth-order valence-corrected chi connectivity index (χ4v) is 5.96. The van der Waals surface area contributed by atoms with E-state index in [1.807, 2.05) is 25.1 Å². The van der Waals surface area contributed by atoms with Gasteiger partial charge in [-0.1, -0.05) is 23.9 Å². The van der Waals surface area contributed by atoms with Gasteiger partial charge in [0.15, 0.2) is 0 Å². The summed E-state index contributed by atoms with van der Waals surface area (Å²) in [5.74, 6) is -1.50. The molecule has 3 aromatic rings. The van der Waals surface area contributed by atoms with Gasteiger partial charge in [-0.25, -0.2) is 9.37 Å². The highest BCUT2D eigenvalue weighted by Crippen LogP contribution is 2.40. The average Bonchev–Trinajstić information content (AvgIpc) is 3.01. The van der Waals surface area contributed by atoms with Gasteiger partial charge in [0.05, 0.1) is 22.6 Å². The lowest BCUT2D eigenvalue weighted by Gasteiger charge is -2.15. The number of aromatic nitrogens is 1. The van der Waals surface area contributed by atoms with E-state index >= 15 is 0 Å². The lowest BCUT2D eigenvalue weighted by molar-refractivity contribution is -0.140. The van der Waals surface area contributed by atoms with Crippen molar-refractivity contribution in [1.82, 2.24) is 4.98 Å². The quantitative estimate of drug-likeness (QED) is 0.338. The van der Waals surface area contributed by atoms with E-state index in [1.165, 1.54) is 29.2 Å². The minimum absolute atomic E-state index is 0.00275. The Kier molecular flexibility index (Phi) is 7.23. The fourth-order valence-electron chi connectivity index (χ4n) is 3.80. The molecule has 2 heterocycles. The number of hydrogen-bond donors (Lipinski definition) is 1. The lowest BCUT2D eigenvalue weighted by atomic mass is 10.0. The average molecular weight is 524 g/mol. The number of thioether (sulfide) groups is 1. The van der Waals surface area contributed by atoms with Crippen molar-refractivity contribution in [2.45, 2.75) is 50.8 Å². The van der Waals surface area contributed by atoms with Crippen LogP contribution in [0.25, 0.3) is 10.6 Å².